The lowest BCUT2D eigenvalue weighted by Crippen LogP contribution is -2.42. The van der Waals surface area contributed by atoms with Gasteiger partial charge in [0.15, 0.2) is 12.2 Å². The summed E-state index contributed by atoms with van der Waals surface area (Å²) in [7, 11) is 0. The van der Waals surface area contributed by atoms with E-state index in [1.807, 2.05) is 0 Å². The van der Waals surface area contributed by atoms with Gasteiger partial charge in [-0.1, -0.05) is 0 Å². The minimum absolute atomic E-state index is 0.00174. The highest BCUT2D eigenvalue weighted by Crippen LogP contribution is 2.00. The van der Waals surface area contributed by atoms with E-state index in [1.165, 1.54) is 0 Å². The number of ether oxygens (including phenoxy) is 4. The van der Waals surface area contributed by atoms with Crippen LogP contribution >= 0.6 is 0 Å². The lowest BCUT2D eigenvalue weighted by molar-refractivity contribution is -0.174. The molecule has 0 amide bonds. The maximum absolute atomic E-state index is 11.3. The molecule has 0 aliphatic carbocycles. The summed E-state index contributed by atoms with van der Waals surface area (Å²) in [6.07, 6.45) is -4.16. The Morgan fingerprint density at radius 3 is 1.36 bits per heavy atom. The van der Waals surface area contributed by atoms with E-state index >= 15 is 0 Å². The van der Waals surface area contributed by atoms with Crippen molar-refractivity contribution in [1.29, 1.82) is 0 Å². The van der Waals surface area contributed by atoms with Gasteiger partial charge in [0.05, 0.1) is 39.6 Å². The Morgan fingerprint density at radius 2 is 1.05 bits per heavy atom. The number of hydrogen-bond acceptors (Lipinski definition) is 10. The molecule has 0 bridgehead atoms. The van der Waals surface area contributed by atoms with E-state index in [-0.39, 0.29) is 52.9 Å². The van der Waals surface area contributed by atoms with Gasteiger partial charge in [0.1, 0.15) is 13.2 Å². The third-order valence-corrected chi connectivity index (χ3v) is 2.20. The SMILES string of the molecule is O=C(OCCOCCO)C(O)C(O)C(=O)OCCOCCO. The van der Waals surface area contributed by atoms with Crippen molar-refractivity contribution in [2.75, 3.05) is 52.9 Å². The second-order valence-corrected chi connectivity index (χ2v) is 3.90. The third-order valence-electron chi connectivity index (χ3n) is 2.20. The molecule has 2 unspecified atom stereocenters. The molecule has 10 heteroatoms. The average molecular weight is 326 g/mol. The predicted octanol–water partition coefficient (Wildman–Crippen LogP) is -3.19. The summed E-state index contributed by atoms with van der Waals surface area (Å²) in [5.74, 6) is -2.40. The van der Waals surface area contributed by atoms with E-state index in [0.29, 0.717) is 0 Å². The molecule has 0 aromatic rings. The average Bonchev–Trinajstić information content (AvgIpc) is 2.52. The van der Waals surface area contributed by atoms with Crippen LogP contribution in [0.2, 0.25) is 0 Å². The normalized spacial score (nSPS) is 13.5. The summed E-state index contributed by atoms with van der Waals surface area (Å²) in [6.45, 7) is -0.601. The number of aliphatic hydroxyl groups excluding tert-OH is 4. The molecule has 22 heavy (non-hydrogen) atoms. The summed E-state index contributed by atoms with van der Waals surface area (Å²) in [5.41, 5.74) is 0. The van der Waals surface area contributed by atoms with E-state index in [9.17, 15) is 19.8 Å². The van der Waals surface area contributed by atoms with Crippen molar-refractivity contribution >= 4 is 11.9 Å². The molecule has 0 saturated heterocycles. The molecule has 0 radical (unpaired) electrons. The molecule has 0 heterocycles. The third kappa shape index (κ3) is 9.60. The highest BCUT2D eigenvalue weighted by Gasteiger charge is 2.32. The van der Waals surface area contributed by atoms with Gasteiger partial charge in [-0.2, -0.15) is 0 Å². The fraction of sp³-hybridized carbons (Fsp3) is 0.833. The van der Waals surface area contributed by atoms with Crippen molar-refractivity contribution in [2.24, 2.45) is 0 Å². The number of hydrogen-bond donors (Lipinski definition) is 4. The van der Waals surface area contributed by atoms with Crippen molar-refractivity contribution in [3.63, 3.8) is 0 Å². The van der Waals surface area contributed by atoms with E-state index in [1.54, 1.807) is 0 Å². The summed E-state index contributed by atoms with van der Waals surface area (Å²) in [6, 6.07) is 0. The Morgan fingerprint density at radius 1 is 0.682 bits per heavy atom. The topological polar surface area (TPSA) is 152 Å². The Labute approximate surface area is 127 Å². The van der Waals surface area contributed by atoms with Crippen molar-refractivity contribution < 1.29 is 49.0 Å². The van der Waals surface area contributed by atoms with Crippen molar-refractivity contribution in [3.05, 3.63) is 0 Å². The second-order valence-electron chi connectivity index (χ2n) is 3.90. The van der Waals surface area contributed by atoms with Gasteiger partial charge in [-0.3, -0.25) is 0 Å². The van der Waals surface area contributed by atoms with Gasteiger partial charge in [-0.05, 0) is 0 Å². The zero-order valence-corrected chi connectivity index (χ0v) is 12.0. The molecule has 0 rings (SSSR count). The van der Waals surface area contributed by atoms with Gasteiger partial charge in [0, 0.05) is 0 Å². The molecule has 2 atom stereocenters. The zero-order valence-electron chi connectivity index (χ0n) is 12.0. The molecule has 0 aromatic carbocycles. The van der Waals surface area contributed by atoms with Gasteiger partial charge < -0.3 is 39.4 Å². The van der Waals surface area contributed by atoms with Gasteiger partial charge in [-0.15, -0.1) is 0 Å². The predicted molar refractivity (Wildman–Crippen MR) is 69.7 cm³/mol. The minimum Gasteiger partial charge on any atom is -0.461 e. The van der Waals surface area contributed by atoms with Crippen LogP contribution in [0.1, 0.15) is 0 Å². The molecule has 130 valence electrons. The number of esters is 2. The largest absolute Gasteiger partial charge is 0.461 e. The molecule has 4 N–H and O–H groups in total. The van der Waals surface area contributed by atoms with E-state index < -0.39 is 24.1 Å². The molecular formula is C12H22O10. The monoisotopic (exact) mass is 326 g/mol. The lowest BCUT2D eigenvalue weighted by Gasteiger charge is -2.16. The van der Waals surface area contributed by atoms with Crippen LogP contribution in [0.25, 0.3) is 0 Å². The molecule has 0 saturated carbocycles. The van der Waals surface area contributed by atoms with Gasteiger partial charge in [-0.25, -0.2) is 9.59 Å². The van der Waals surface area contributed by atoms with Crippen LogP contribution in [0.5, 0.6) is 0 Å². The van der Waals surface area contributed by atoms with Crippen LogP contribution in [0.15, 0.2) is 0 Å². The fourth-order valence-electron chi connectivity index (χ4n) is 1.16. The number of rotatable bonds is 13. The van der Waals surface area contributed by atoms with Crippen LogP contribution in [0.3, 0.4) is 0 Å². The summed E-state index contributed by atoms with van der Waals surface area (Å²) < 4.78 is 18.7. The van der Waals surface area contributed by atoms with E-state index in [4.69, 9.17) is 19.7 Å². The molecule has 0 aliphatic rings. The first-order valence-corrected chi connectivity index (χ1v) is 6.61. The summed E-state index contributed by atoms with van der Waals surface area (Å²) in [4.78, 5) is 22.7. The Hall–Kier alpha value is -1.30. The van der Waals surface area contributed by atoms with Crippen molar-refractivity contribution in [3.8, 4) is 0 Å². The summed E-state index contributed by atoms with van der Waals surface area (Å²) >= 11 is 0. The number of carbonyl (C=O) groups excluding carboxylic acids is 2. The van der Waals surface area contributed by atoms with Crippen LogP contribution in [-0.2, 0) is 28.5 Å². The summed E-state index contributed by atoms with van der Waals surface area (Å²) in [5, 5.41) is 35.7. The fourth-order valence-corrected chi connectivity index (χ4v) is 1.16. The van der Waals surface area contributed by atoms with E-state index in [2.05, 4.69) is 9.47 Å². The smallest absolute Gasteiger partial charge is 0.338 e. The quantitative estimate of drug-likeness (QED) is 0.201. The minimum atomic E-state index is -2.08. The standard InChI is InChI=1S/C12H22O10/c13-1-3-19-5-7-21-11(17)9(15)10(16)12(18)22-8-6-20-4-2-14/h9-10,13-16H,1-8H2. The first-order valence-electron chi connectivity index (χ1n) is 6.61. The van der Waals surface area contributed by atoms with Crippen LogP contribution in [-0.4, -0.2) is 97.4 Å². The number of carbonyl (C=O) groups is 2. The molecular weight excluding hydrogens is 304 g/mol. The molecule has 10 nitrogen and oxygen atoms in total. The second kappa shape index (κ2) is 13.4. The van der Waals surface area contributed by atoms with Gasteiger partial charge in [0.2, 0.25) is 0 Å². The number of aliphatic hydroxyl groups is 4. The van der Waals surface area contributed by atoms with Crippen molar-refractivity contribution in [2.45, 2.75) is 12.2 Å². The zero-order chi connectivity index (χ0) is 16.8. The van der Waals surface area contributed by atoms with Crippen LogP contribution < -0.4 is 0 Å². The van der Waals surface area contributed by atoms with Crippen LogP contribution in [0.4, 0.5) is 0 Å². The highest BCUT2D eigenvalue weighted by atomic mass is 16.6. The maximum Gasteiger partial charge on any atom is 0.338 e. The lowest BCUT2D eigenvalue weighted by atomic mass is 10.2. The Bertz CT molecular complexity index is 278. The van der Waals surface area contributed by atoms with Gasteiger partial charge >= 0.3 is 11.9 Å². The Kier molecular flexibility index (Phi) is 12.6. The molecule has 0 aliphatic heterocycles. The molecule has 0 spiro atoms. The van der Waals surface area contributed by atoms with E-state index in [0.717, 1.165) is 0 Å². The highest BCUT2D eigenvalue weighted by molar-refractivity contribution is 5.85. The molecule has 0 aromatic heterocycles. The first kappa shape index (κ1) is 20.7. The molecule has 0 fully saturated rings. The van der Waals surface area contributed by atoms with Crippen LogP contribution in [0, 0.1) is 0 Å². The van der Waals surface area contributed by atoms with Gasteiger partial charge in [0.25, 0.3) is 0 Å². The Balaban J connectivity index is 3.88. The maximum atomic E-state index is 11.3. The van der Waals surface area contributed by atoms with Crippen molar-refractivity contribution in [1.82, 2.24) is 0 Å². The first-order chi connectivity index (χ1) is 10.5.